The average molecular weight is 418 g/mol. The molecule has 0 saturated heterocycles. The number of nitrogens with zero attached hydrogens (tertiary/aromatic N) is 2. The van der Waals surface area contributed by atoms with Crippen LogP contribution < -0.4 is 16.8 Å². The quantitative estimate of drug-likeness (QED) is 0.484. The van der Waals surface area contributed by atoms with Crippen molar-refractivity contribution in [1.29, 1.82) is 0 Å². The molecule has 0 heterocycles. The zero-order valence-corrected chi connectivity index (χ0v) is 19.6. The Morgan fingerprint density at radius 3 is 1.76 bits per heavy atom. The third-order valence-corrected chi connectivity index (χ3v) is 3.87. The van der Waals surface area contributed by atoms with E-state index >= 15 is 0 Å². The number of hydrogen-bond donors (Lipinski definition) is 3. The molecule has 0 aromatic heterocycles. The van der Waals surface area contributed by atoms with Crippen molar-refractivity contribution in [2.75, 3.05) is 26.7 Å². The maximum atomic E-state index is 12.5. The van der Waals surface area contributed by atoms with Crippen LogP contribution in [0.1, 0.15) is 67.7 Å². The molecule has 0 rings (SSSR count). The molecular weight excluding hydrogens is 374 g/mol. The van der Waals surface area contributed by atoms with Crippen LogP contribution >= 0.6 is 0 Å². The van der Waals surface area contributed by atoms with Gasteiger partial charge >= 0.3 is 0 Å². The summed E-state index contributed by atoms with van der Waals surface area (Å²) in [5.41, 5.74) is 10.3. The smallest absolute Gasteiger partial charge is 0.245 e. The second kappa shape index (κ2) is 19.2. The van der Waals surface area contributed by atoms with E-state index in [-0.39, 0.29) is 31.4 Å². The highest BCUT2D eigenvalue weighted by atomic mass is 16.2. The van der Waals surface area contributed by atoms with Gasteiger partial charge in [-0.15, -0.1) is 0 Å². The summed E-state index contributed by atoms with van der Waals surface area (Å²) < 4.78 is 0. The zero-order chi connectivity index (χ0) is 23.6. The molecule has 0 bridgehead atoms. The van der Waals surface area contributed by atoms with Crippen molar-refractivity contribution in [1.82, 2.24) is 15.1 Å². The molecule has 9 nitrogen and oxygen atoms in total. The van der Waals surface area contributed by atoms with E-state index in [0.717, 1.165) is 0 Å². The fourth-order valence-corrected chi connectivity index (χ4v) is 2.24. The molecule has 172 valence electrons. The number of primary amides is 1. The number of nitrogens with two attached hydrogens (primary N) is 2. The van der Waals surface area contributed by atoms with Crippen LogP contribution in [-0.4, -0.2) is 72.2 Å². The minimum absolute atomic E-state index is 0.221. The number of likely N-dealkylation sites (N-methyl/N-ethyl adjacent to an activating group) is 2. The van der Waals surface area contributed by atoms with E-state index < -0.39 is 23.9 Å². The third kappa shape index (κ3) is 13.6. The Bertz CT molecular complexity index is 483. The molecule has 4 amide bonds. The van der Waals surface area contributed by atoms with Gasteiger partial charge in [0.1, 0.15) is 12.1 Å². The second-order valence-corrected chi connectivity index (χ2v) is 6.20. The first kappa shape index (κ1) is 31.5. The number of nitrogens with one attached hydrogen (secondary N) is 1. The van der Waals surface area contributed by atoms with Crippen LogP contribution in [0.3, 0.4) is 0 Å². The minimum Gasteiger partial charge on any atom is -0.368 e. The average Bonchev–Trinajstić information content (AvgIpc) is 2.71. The number of amides is 4. The van der Waals surface area contributed by atoms with E-state index in [9.17, 15) is 19.2 Å². The molecule has 0 saturated carbocycles. The second-order valence-electron chi connectivity index (χ2n) is 6.20. The van der Waals surface area contributed by atoms with Gasteiger partial charge in [0, 0.05) is 13.6 Å². The van der Waals surface area contributed by atoms with Crippen LogP contribution in [0.4, 0.5) is 0 Å². The van der Waals surface area contributed by atoms with Crippen molar-refractivity contribution in [3.63, 3.8) is 0 Å². The van der Waals surface area contributed by atoms with Crippen LogP contribution in [0.25, 0.3) is 0 Å². The molecule has 0 aromatic carbocycles. The highest BCUT2D eigenvalue weighted by Crippen LogP contribution is 2.10. The molecule has 0 radical (unpaired) electrons. The lowest BCUT2D eigenvalue weighted by molar-refractivity contribution is -0.147. The van der Waals surface area contributed by atoms with Gasteiger partial charge < -0.3 is 26.6 Å². The standard InChI is InChI=1S/C14H27N5O4.C4H10.C2H6/c1-5-10(14(23)18(4)8-11(16)20)19(6-2)13(22)9(3)17-12(21)7-15;1-3-4-2;1-2/h9-10H,5-8,15H2,1-4H3,(H2,16,20)(H,17,21);3-4H2,1-2H3;1-2H3/t9-,10+;;/m0../s1. The number of unbranched alkanes of at least 4 members (excludes halogenated alkanes) is 1. The van der Waals surface area contributed by atoms with Crippen molar-refractivity contribution in [2.24, 2.45) is 11.5 Å². The van der Waals surface area contributed by atoms with Crippen LogP contribution in [0.15, 0.2) is 0 Å². The molecular formula is C20H43N5O4. The highest BCUT2D eigenvalue weighted by Gasteiger charge is 2.32. The van der Waals surface area contributed by atoms with Gasteiger partial charge in [-0.2, -0.15) is 0 Å². The molecule has 0 aliphatic heterocycles. The Morgan fingerprint density at radius 1 is 0.966 bits per heavy atom. The molecule has 2 atom stereocenters. The van der Waals surface area contributed by atoms with E-state index in [4.69, 9.17) is 11.5 Å². The molecule has 9 heteroatoms. The van der Waals surface area contributed by atoms with Gasteiger partial charge in [-0.1, -0.05) is 47.5 Å². The molecule has 29 heavy (non-hydrogen) atoms. The van der Waals surface area contributed by atoms with Gasteiger partial charge in [0.05, 0.1) is 13.1 Å². The van der Waals surface area contributed by atoms with Gasteiger partial charge in [-0.25, -0.2) is 0 Å². The number of hydrogen-bond acceptors (Lipinski definition) is 5. The molecule has 0 fully saturated rings. The van der Waals surface area contributed by atoms with E-state index in [0.29, 0.717) is 6.42 Å². The normalized spacial score (nSPS) is 11.5. The monoisotopic (exact) mass is 417 g/mol. The van der Waals surface area contributed by atoms with Gasteiger partial charge in [0.2, 0.25) is 23.6 Å². The minimum atomic E-state index is -0.797. The Kier molecular flexibility index (Phi) is 20.8. The van der Waals surface area contributed by atoms with Crippen LogP contribution in [0.5, 0.6) is 0 Å². The lowest BCUT2D eigenvalue weighted by Gasteiger charge is -2.33. The summed E-state index contributed by atoms with van der Waals surface area (Å²) >= 11 is 0. The summed E-state index contributed by atoms with van der Waals surface area (Å²) in [6.45, 7) is 13.2. The molecule has 0 aliphatic rings. The molecule has 0 unspecified atom stereocenters. The Labute approximate surface area is 176 Å². The van der Waals surface area contributed by atoms with Crippen molar-refractivity contribution in [3.05, 3.63) is 0 Å². The summed E-state index contributed by atoms with van der Waals surface area (Å²) in [6, 6.07) is -1.52. The lowest BCUT2D eigenvalue weighted by Crippen LogP contribution is -2.56. The van der Waals surface area contributed by atoms with Crippen LogP contribution in [0.2, 0.25) is 0 Å². The van der Waals surface area contributed by atoms with E-state index in [2.05, 4.69) is 19.2 Å². The van der Waals surface area contributed by atoms with Gasteiger partial charge in [-0.3, -0.25) is 19.2 Å². The van der Waals surface area contributed by atoms with E-state index in [1.54, 1.807) is 13.8 Å². The van der Waals surface area contributed by atoms with Crippen molar-refractivity contribution in [2.45, 2.75) is 79.8 Å². The topological polar surface area (TPSA) is 139 Å². The van der Waals surface area contributed by atoms with Crippen LogP contribution in [0, 0.1) is 0 Å². The third-order valence-electron chi connectivity index (χ3n) is 3.87. The van der Waals surface area contributed by atoms with Crippen molar-refractivity contribution in [3.8, 4) is 0 Å². The summed E-state index contributed by atoms with van der Waals surface area (Å²) in [7, 11) is 1.45. The van der Waals surface area contributed by atoms with E-state index in [1.807, 2.05) is 13.8 Å². The van der Waals surface area contributed by atoms with Crippen molar-refractivity contribution >= 4 is 23.6 Å². The maximum Gasteiger partial charge on any atom is 0.245 e. The Balaban J connectivity index is -0.000000994. The van der Waals surface area contributed by atoms with Gasteiger partial charge in [-0.05, 0) is 20.3 Å². The first-order valence-corrected chi connectivity index (χ1v) is 10.4. The number of rotatable bonds is 10. The summed E-state index contributed by atoms with van der Waals surface area (Å²) in [5.74, 6) is -1.85. The maximum absolute atomic E-state index is 12.5. The number of carbonyl (C=O) groups excluding carboxylic acids is 4. The summed E-state index contributed by atoms with van der Waals surface area (Å²) in [4.78, 5) is 49.7. The van der Waals surface area contributed by atoms with E-state index in [1.165, 1.54) is 36.6 Å². The highest BCUT2D eigenvalue weighted by molar-refractivity contribution is 5.93. The Morgan fingerprint density at radius 2 is 1.45 bits per heavy atom. The molecule has 0 aromatic rings. The first-order valence-electron chi connectivity index (χ1n) is 10.4. The SMILES string of the molecule is CC.CCCC.CC[C@H](C(=O)N(C)CC(N)=O)N(CC)C(=O)[C@H](C)NC(=O)CN. The number of carbonyl (C=O) groups is 4. The predicted molar refractivity (Wildman–Crippen MR) is 117 cm³/mol. The molecule has 5 N–H and O–H groups in total. The van der Waals surface area contributed by atoms with Crippen LogP contribution in [-0.2, 0) is 19.2 Å². The summed E-state index contributed by atoms with van der Waals surface area (Å²) in [5, 5.41) is 2.47. The fourth-order valence-electron chi connectivity index (χ4n) is 2.24. The predicted octanol–water partition coefficient (Wildman–Crippen LogP) is 0.853. The van der Waals surface area contributed by atoms with Gasteiger partial charge in [0.25, 0.3) is 0 Å². The zero-order valence-electron chi connectivity index (χ0n) is 19.6. The molecule has 0 aliphatic carbocycles. The first-order chi connectivity index (χ1) is 13.6. The Hall–Kier alpha value is -2.16. The fraction of sp³-hybridized carbons (Fsp3) is 0.800. The molecule has 0 spiro atoms. The lowest BCUT2D eigenvalue weighted by atomic mass is 10.1. The van der Waals surface area contributed by atoms with Crippen molar-refractivity contribution < 1.29 is 19.2 Å². The largest absolute Gasteiger partial charge is 0.368 e. The van der Waals surface area contributed by atoms with Gasteiger partial charge in [0.15, 0.2) is 0 Å². The summed E-state index contributed by atoms with van der Waals surface area (Å²) in [6.07, 6.45) is 3.01.